The number of carbonyl (C=O) groups is 1. The molecule has 3 heteroatoms. The maximum absolute atomic E-state index is 12.3. The Morgan fingerprint density at radius 2 is 1.55 bits per heavy atom. The van der Waals surface area contributed by atoms with Gasteiger partial charge in [0.25, 0.3) is 0 Å². The van der Waals surface area contributed by atoms with Gasteiger partial charge in [-0.25, -0.2) is 4.79 Å². The molecule has 1 fully saturated rings. The molecule has 3 nitrogen and oxygen atoms in total. The van der Waals surface area contributed by atoms with Crippen molar-refractivity contribution in [1.82, 2.24) is 9.80 Å². The minimum Gasteiger partial charge on any atom is -0.326 e. The minimum absolute atomic E-state index is 0.0735. The van der Waals surface area contributed by atoms with E-state index in [4.69, 9.17) is 0 Å². The fourth-order valence-electron chi connectivity index (χ4n) is 3.21. The van der Waals surface area contributed by atoms with E-state index in [1.165, 1.54) is 44.9 Å². The molecule has 0 radical (unpaired) electrons. The van der Waals surface area contributed by atoms with Gasteiger partial charge in [-0.1, -0.05) is 58.8 Å². The lowest BCUT2D eigenvalue weighted by molar-refractivity contribution is 0.120. The Balaban J connectivity index is 2.54. The van der Waals surface area contributed by atoms with E-state index in [1.807, 2.05) is 11.9 Å². The average Bonchev–Trinajstić information content (AvgIpc) is 2.77. The monoisotopic (exact) mass is 282 g/mol. The Hall–Kier alpha value is -0.730. The first-order chi connectivity index (χ1) is 9.55. The molecule has 1 aliphatic rings. The van der Waals surface area contributed by atoms with E-state index in [1.54, 1.807) is 0 Å². The molecule has 0 bridgehead atoms. The van der Waals surface area contributed by atoms with E-state index in [2.05, 4.69) is 25.7 Å². The molecule has 0 aromatic heterocycles. The largest absolute Gasteiger partial charge is 0.326 e. The van der Waals surface area contributed by atoms with Crippen molar-refractivity contribution in [2.24, 2.45) is 0 Å². The normalized spacial score (nSPS) is 18.7. The summed E-state index contributed by atoms with van der Waals surface area (Å²) >= 11 is 0. The number of unbranched alkanes of at least 4 members (excludes halogenated alkanes) is 5. The predicted molar refractivity (Wildman–Crippen MR) is 86.0 cm³/mol. The van der Waals surface area contributed by atoms with Crippen molar-refractivity contribution in [3.8, 4) is 0 Å². The lowest BCUT2D eigenvalue weighted by atomic mass is 9.87. The van der Waals surface area contributed by atoms with Gasteiger partial charge in [-0.2, -0.15) is 0 Å². The zero-order chi connectivity index (χ0) is 15.0. The second-order valence-electron chi connectivity index (χ2n) is 6.62. The second kappa shape index (κ2) is 8.53. The van der Waals surface area contributed by atoms with Gasteiger partial charge in [-0.15, -0.1) is 0 Å². The summed E-state index contributed by atoms with van der Waals surface area (Å²) in [7, 11) is 1.92. The number of amides is 2. The number of hydrogen-bond acceptors (Lipinski definition) is 1. The van der Waals surface area contributed by atoms with Crippen molar-refractivity contribution in [2.45, 2.75) is 84.1 Å². The van der Waals surface area contributed by atoms with Crippen molar-refractivity contribution < 1.29 is 4.79 Å². The molecule has 1 saturated heterocycles. The molecule has 0 N–H and O–H groups in total. The van der Waals surface area contributed by atoms with Crippen LogP contribution in [0.3, 0.4) is 0 Å². The molecule has 1 aliphatic heterocycles. The fraction of sp³-hybridized carbons (Fsp3) is 0.941. The van der Waals surface area contributed by atoms with Gasteiger partial charge in [0.2, 0.25) is 0 Å². The van der Waals surface area contributed by atoms with E-state index in [0.29, 0.717) is 0 Å². The first-order valence-corrected chi connectivity index (χ1v) is 8.58. The molecule has 1 heterocycles. The summed E-state index contributed by atoms with van der Waals surface area (Å²) in [5, 5.41) is 0. The molecule has 1 atom stereocenters. The highest BCUT2D eigenvalue weighted by atomic mass is 16.2. The van der Waals surface area contributed by atoms with Gasteiger partial charge in [-0.05, 0) is 19.8 Å². The highest BCUT2D eigenvalue weighted by Gasteiger charge is 2.39. The van der Waals surface area contributed by atoms with E-state index in [-0.39, 0.29) is 11.6 Å². The van der Waals surface area contributed by atoms with E-state index in [0.717, 1.165) is 25.9 Å². The molecule has 118 valence electrons. The lowest BCUT2D eigenvalue weighted by Crippen LogP contribution is -2.48. The van der Waals surface area contributed by atoms with E-state index in [9.17, 15) is 4.79 Å². The maximum Gasteiger partial charge on any atom is 0.320 e. The zero-order valence-corrected chi connectivity index (χ0v) is 14.1. The van der Waals surface area contributed by atoms with Gasteiger partial charge < -0.3 is 9.80 Å². The number of carbonyl (C=O) groups excluding carboxylic acids is 1. The molecule has 0 aromatic carbocycles. The summed E-state index contributed by atoms with van der Waals surface area (Å²) in [6.45, 7) is 8.59. The van der Waals surface area contributed by atoms with Gasteiger partial charge in [0, 0.05) is 25.7 Å². The number of nitrogens with zero attached hydrogens (tertiary/aromatic N) is 2. The van der Waals surface area contributed by atoms with Gasteiger partial charge >= 0.3 is 6.03 Å². The van der Waals surface area contributed by atoms with Gasteiger partial charge in [0.15, 0.2) is 0 Å². The lowest BCUT2D eigenvalue weighted by Gasteiger charge is -2.39. The molecule has 0 saturated carbocycles. The van der Waals surface area contributed by atoms with Crippen molar-refractivity contribution >= 4 is 6.03 Å². The van der Waals surface area contributed by atoms with E-state index < -0.39 is 0 Å². The summed E-state index contributed by atoms with van der Waals surface area (Å²) < 4.78 is 0. The topological polar surface area (TPSA) is 23.6 Å². The zero-order valence-electron chi connectivity index (χ0n) is 14.1. The Morgan fingerprint density at radius 1 is 0.950 bits per heavy atom. The number of rotatable bonds is 10. The van der Waals surface area contributed by atoms with Crippen LogP contribution in [0.5, 0.6) is 0 Å². The molecule has 0 aliphatic carbocycles. The molecular weight excluding hydrogens is 248 g/mol. The molecule has 1 unspecified atom stereocenters. The third-order valence-corrected chi connectivity index (χ3v) is 4.76. The van der Waals surface area contributed by atoms with Crippen molar-refractivity contribution in [1.29, 1.82) is 0 Å². The smallest absolute Gasteiger partial charge is 0.320 e. The van der Waals surface area contributed by atoms with Crippen LogP contribution < -0.4 is 0 Å². The molecule has 1 rings (SSSR count). The van der Waals surface area contributed by atoms with Gasteiger partial charge in [0.1, 0.15) is 0 Å². The third-order valence-electron chi connectivity index (χ3n) is 4.76. The number of urea groups is 1. The molecule has 2 amide bonds. The van der Waals surface area contributed by atoms with Crippen LogP contribution in [-0.2, 0) is 0 Å². The van der Waals surface area contributed by atoms with Crippen molar-refractivity contribution in [3.63, 3.8) is 0 Å². The fourth-order valence-corrected chi connectivity index (χ4v) is 3.21. The summed E-state index contributed by atoms with van der Waals surface area (Å²) in [6.07, 6.45) is 11.3. The Morgan fingerprint density at radius 3 is 2.10 bits per heavy atom. The molecule has 20 heavy (non-hydrogen) atoms. The standard InChI is InChI=1S/C17H34N2O/c1-5-7-9-10-11-13-17(3,12-8-6-2)19-15-14-18(4)16(19)20/h5-15H2,1-4H3. The summed E-state index contributed by atoms with van der Waals surface area (Å²) in [4.78, 5) is 16.3. The van der Waals surface area contributed by atoms with Crippen LogP contribution in [0.4, 0.5) is 4.79 Å². The molecular formula is C17H34N2O. The summed E-state index contributed by atoms with van der Waals surface area (Å²) in [5.74, 6) is 0. The van der Waals surface area contributed by atoms with Crippen LogP contribution in [-0.4, -0.2) is 41.5 Å². The third kappa shape index (κ3) is 4.68. The van der Waals surface area contributed by atoms with Crippen LogP contribution >= 0.6 is 0 Å². The van der Waals surface area contributed by atoms with Crippen LogP contribution in [0.2, 0.25) is 0 Å². The van der Waals surface area contributed by atoms with Crippen molar-refractivity contribution in [2.75, 3.05) is 20.1 Å². The molecule has 0 spiro atoms. The minimum atomic E-state index is 0.0735. The Kier molecular flexibility index (Phi) is 7.39. The van der Waals surface area contributed by atoms with Crippen LogP contribution in [0.1, 0.15) is 78.6 Å². The first-order valence-electron chi connectivity index (χ1n) is 8.58. The maximum atomic E-state index is 12.3. The number of likely N-dealkylation sites (N-methyl/N-ethyl adjacent to an activating group) is 1. The highest BCUT2D eigenvalue weighted by molar-refractivity contribution is 5.77. The van der Waals surface area contributed by atoms with Gasteiger partial charge in [0.05, 0.1) is 0 Å². The summed E-state index contributed by atoms with van der Waals surface area (Å²) in [5.41, 5.74) is 0.0735. The van der Waals surface area contributed by atoms with E-state index >= 15 is 0 Å². The van der Waals surface area contributed by atoms with Crippen LogP contribution in [0, 0.1) is 0 Å². The first kappa shape index (κ1) is 17.3. The SMILES string of the molecule is CCCCCCCC(C)(CCCC)N1CCN(C)C1=O. The van der Waals surface area contributed by atoms with Crippen molar-refractivity contribution in [3.05, 3.63) is 0 Å². The highest BCUT2D eigenvalue weighted by Crippen LogP contribution is 2.31. The number of hydrogen-bond donors (Lipinski definition) is 0. The van der Waals surface area contributed by atoms with Crippen LogP contribution in [0.15, 0.2) is 0 Å². The van der Waals surface area contributed by atoms with Crippen LogP contribution in [0.25, 0.3) is 0 Å². The molecule has 0 aromatic rings. The Labute approximate surface area is 125 Å². The summed E-state index contributed by atoms with van der Waals surface area (Å²) in [6, 6.07) is 0.233. The predicted octanol–water partition coefficient (Wildman–Crippen LogP) is 4.66. The average molecular weight is 282 g/mol. The van der Waals surface area contributed by atoms with Gasteiger partial charge in [-0.3, -0.25) is 0 Å². The Bertz CT molecular complexity index is 293. The second-order valence-corrected chi connectivity index (χ2v) is 6.62. The quantitative estimate of drug-likeness (QED) is 0.534.